The summed E-state index contributed by atoms with van der Waals surface area (Å²) in [5.41, 5.74) is 0. The molecule has 144 valence electrons. The zero-order valence-corrected chi connectivity index (χ0v) is 17.8. The van der Waals surface area contributed by atoms with Gasteiger partial charge in [-0.1, -0.05) is 13.3 Å². The van der Waals surface area contributed by atoms with E-state index in [-0.39, 0.29) is 6.10 Å². The zero-order chi connectivity index (χ0) is 18.1. The number of rotatable bonds is 12. The minimum Gasteiger partial charge on any atom is -0.379 e. The quantitative estimate of drug-likeness (QED) is 0.360. The van der Waals surface area contributed by atoms with Crippen molar-refractivity contribution in [2.24, 2.45) is 0 Å². The largest absolute Gasteiger partial charge is 0.515 e. The molecule has 0 aliphatic carbocycles. The van der Waals surface area contributed by atoms with Gasteiger partial charge in [-0.2, -0.15) is 0 Å². The van der Waals surface area contributed by atoms with Crippen molar-refractivity contribution in [1.29, 1.82) is 0 Å². The summed E-state index contributed by atoms with van der Waals surface area (Å²) < 4.78 is 39.7. The topological polar surface area (TPSA) is 67.9 Å². The second-order valence-electron chi connectivity index (χ2n) is 5.72. The number of hydrogen-bond donors (Lipinski definition) is 0. The maximum atomic E-state index is 6.12. The highest BCUT2D eigenvalue weighted by Crippen LogP contribution is 2.22. The third-order valence-electron chi connectivity index (χ3n) is 4.14. The molecule has 0 radical (unpaired) electrons. The van der Waals surface area contributed by atoms with E-state index in [1.54, 1.807) is 35.5 Å². The van der Waals surface area contributed by atoms with Crippen LogP contribution in [0, 0.1) is 0 Å². The maximum absolute atomic E-state index is 6.12. The fourth-order valence-electron chi connectivity index (χ4n) is 2.65. The summed E-state index contributed by atoms with van der Waals surface area (Å²) in [5, 5.41) is 0. The van der Waals surface area contributed by atoms with Gasteiger partial charge in [0.05, 0.1) is 25.0 Å². The Morgan fingerprint density at radius 3 is 2.21 bits per heavy atom. The number of ether oxygens (including phenoxy) is 1. The Kier molecular flexibility index (Phi) is 10.1. The van der Waals surface area contributed by atoms with Crippen LogP contribution < -0.4 is 0 Å². The summed E-state index contributed by atoms with van der Waals surface area (Å²) in [6.07, 6.45) is 3.15. The smallest absolute Gasteiger partial charge is 0.379 e. The van der Waals surface area contributed by atoms with E-state index in [2.05, 4.69) is 11.8 Å². The molecule has 0 spiro atoms. The molecule has 0 amide bonds. The number of nitrogens with zero attached hydrogens (tertiary/aromatic N) is 1. The summed E-state index contributed by atoms with van der Waals surface area (Å²) in [4.78, 5) is 2.18. The van der Waals surface area contributed by atoms with Crippen LogP contribution in [0.15, 0.2) is 0 Å². The van der Waals surface area contributed by atoms with Crippen molar-refractivity contribution in [2.45, 2.75) is 25.9 Å². The van der Waals surface area contributed by atoms with Crippen molar-refractivity contribution in [3.63, 3.8) is 0 Å². The molecular formula is C14H33NO7Si2. The normalized spacial score (nSPS) is 22.0. The molecule has 0 saturated carbocycles. The molecular weight excluding hydrogens is 350 g/mol. The van der Waals surface area contributed by atoms with Gasteiger partial charge in [0.2, 0.25) is 0 Å². The molecule has 1 unspecified atom stereocenters. The Labute approximate surface area is 148 Å². The Bertz CT molecular complexity index is 335. The van der Waals surface area contributed by atoms with E-state index >= 15 is 0 Å². The van der Waals surface area contributed by atoms with Crippen LogP contribution in [0.5, 0.6) is 0 Å². The first-order chi connectivity index (χ1) is 11.5. The van der Waals surface area contributed by atoms with Crippen LogP contribution in [0.4, 0.5) is 0 Å². The second-order valence-corrected chi connectivity index (χ2v) is 11.4. The van der Waals surface area contributed by atoms with Crippen molar-refractivity contribution < 1.29 is 31.3 Å². The van der Waals surface area contributed by atoms with Crippen molar-refractivity contribution >= 4 is 17.6 Å². The Balaban J connectivity index is 2.75. The van der Waals surface area contributed by atoms with Crippen LogP contribution in [0.1, 0.15) is 19.8 Å². The van der Waals surface area contributed by atoms with E-state index in [0.717, 1.165) is 19.4 Å². The lowest BCUT2D eigenvalue weighted by atomic mass is 10.3. The van der Waals surface area contributed by atoms with Gasteiger partial charge in [0.15, 0.2) is 0 Å². The Morgan fingerprint density at radius 2 is 1.71 bits per heavy atom. The molecule has 1 saturated heterocycles. The molecule has 1 rings (SSSR count). The van der Waals surface area contributed by atoms with E-state index in [1.807, 2.05) is 0 Å². The molecule has 24 heavy (non-hydrogen) atoms. The molecule has 0 aromatic rings. The van der Waals surface area contributed by atoms with E-state index in [4.69, 9.17) is 31.3 Å². The second kappa shape index (κ2) is 11.0. The Hall–Kier alpha value is 0.114. The molecule has 0 bridgehead atoms. The van der Waals surface area contributed by atoms with Gasteiger partial charge in [-0.25, -0.2) is 0 Å². The van der Waals surface area contributed by atoms with Crippen LogP contribution in [-0.4, -0.2) is 96.3 Å². The standard InChI is InChI=1S/C14H33NO7Si2/c1-7-8-9-21-11-14-10-15(12-23(16-2,17-3)18-4)13-24(19-5,20-6)22-14/h14H,7-13H2,1-6H3. The summed E-state index contributed by atoms with van der Waals surface area (Å²) in [6.45, 7) is 4.08. The van der Waals surface area contributed by atoms with Crippen LogP contribution >= 0.6 is 0 Å². The highest BCUT2D eigenvalue weighted by molar-refractivity contribution is 6.62. The Morgan fingerprint density at radius 1 is 1.08 bits per heavy atom. The molecule has 8 nitrogen and oxygen atoms in total. The zero-order valence-electron chi connectivity index (χ0n) is 15.8. The monoisotopic (exact) mass is 383 g/mol. The first kappa shape index (κ1) is 22.2. The minimum absolute atomic E-state index is 0.112. The number of unbranched alkanes of at least 4 members (excludes halogenated alkanes) is 1. The van der Waals surface area contributed by atoms with Gasteiger partial charge < -0.3 is 31.3 Å². The highest BCUT2D eigenvalue weighted by Gasteiger charge is 2.51. The summed E-state index contributed by atoms with van der Waals surface area (Å²) in [5.74, 6) is 0. The predicted molar refractivity (Wildman–Crippen MR) is 93.6 cm³/mol. The van der Waals surface area contributed by atoms with Crippen molar-refractivity contribution in [1.82, 2.24) is 4.90 Å². The lowest BCUT2D eigenvalue weighted by Gasteiger charge is -2.43. The molecule has 0 N–H and O–H groups in total. The molecule has 1 heterocycles. The van der Waals surface area contributed by atoms with Gasteiger partial charge in [-0.05, 0) is 6.42 Å². The maximum Gasteiger partial charge on any atom is 0.515 e. The van der Waals surface area contributed by atoms with Crippen LogP contribution in [0.2, 0.25) is 0 Å². The van der Waals surface area contributed by atoms with Gasteiger partial charge in [0, 0.05) is 48.7 Å². The lowest BCUT2D eigenvalue weighted by molar-refractivity contribution is -0.0436. The van der Waals surface area contributed by atoms with Crippen molar-refractivity contribution in [3.05, 3.63) is 0 Å². The van der Waals surface area contributed by atoms with E-state index < -0.39 is 17.6 Å². The number of hydrogen-bond acceptors (Lipinski definition) is 8. The minimum atomic E-state index is -2.76. The summed E-state index contributed by atoms with van der Waals surface area (Å²) >= 11 is 0. The molecule has 0 aromatic carbocycles. The fourth-order valence-corrected chi connectivity index (χ4v) is 6.68. The van der Waals surface area contributed by atoms with E-state index in [0.29, 0.717) is 25.5 Å². The third-order valence-corrected chi connectivity index (χ3v) is 9.62. The van der Waals surface area contributed by atoms with E-state index in [1.165, 1.54) is 0 Å². The van der Waals surface area contributed by atoms with Crippen LogP contribution in [-0.2, 0) is 31.3 Å². The van der Waals surface area contributed by atoms with Crippen LogP contribution in [0.25, 0.3) is 0 Å². The van der Waals surface area contributed by atoms with Gasteiger partial charge in [0.1, 0.15) is 0 Å². The van der Waals surface area contributed by atoms with E-state index in [9.17, 15) is 0 Å². The predicted octanol–water partition coefficient (Wildman–Crippen LogP) is 0.692. The average Bonchev–Trinajstić information content (AvgIpc) is 2.63. The molecule has 1 aliphatic heterocycles. The first-order valence-corrected chi connectivity index (χ1v) is 12.1. The van der Waals surface area contributed by atoms with Gasteiger partial charge in [0.25, 0.3) is 0 Å². The summed E-state index contributed by atoms with van der Waals surface area (Å²) in [6, 6.07) is 0. The van der Waals surface area contributed by atoms with Crippen molar-refractivity contribution in [2.75, 3.05) is 67.6 Å². The van der Waals surface area contributed by atoms with Gasteiger partial charge in [-0.15, -0.1) is 0 Å². The first-order valence-electron chi connectivity index (χ1n) is 8.26. The molecule has 1 fully saturated rings. The van der Waals surface area contributed by atoms with Crippen molar-refractivity contribution in [3.8, 4) is 0 Å². The lowest BCUT2D eigenvalue weighted by Crippen LogP contribution is -2.66. The van der Waals surface area contributed by atoms with Gasteiger partial charge in [-0.3, -0.25) is 4.90 Å². The molecule has 1 atom stereocenters. The highest BCUT2D eigenvalue weighted by atomic mass is 28.4. The fraction of sp³-hybridized carbons (Fsp3) is 1.00. The third kappa shape index (κ3) is 6.13. The molecule has 0 aromatic heterocycles. The van der Waals surface area contributed by atoms with Crippen LogP contribution in [0.3, 0.4) is 0 Å². The van der Waals surface area contributed by atoms with Gasteiger partial charge >= 0.3 is 17.6 Å². The summed E-state index contributed by atoms with van der Waals surface area (Å²) in [7, 11) is 2.61. The molecule has 1 aliphatic rings. The average molecular weight is 384 g/mol. The SMILES string of the molecule is CCCCOCC1CN(C[Si](OC)(OC)OC)C[Si](OC)(OC)O1. The molecule has 10 heteroatoms.